The van der Waals surface area contributed by atoms with E-state index >= 15 is 0 Å². The zero-order chi connectivity index (χ0) is 12.7. The van der Waals surface area contributed by atoms with E-state index in [0.717, 1.165) is 0 Å². The molecule has 3 nitrogen and oxygen atoms in total. The van der Waals surface area contributed by atoms with E-state index in [2.05, 4.69) is 18.3 Å². The standard InChI is InChI=1S/C11H16F2N2O/c1-8(2)10(11(12)13)7-9(3)15(4)6-5-14-16/h7,11H,1,3,5-6H2,2,4H3/b10-7+. The van der Waals surface area contributed by atoms with Gasteiger partial charge in [0.1, 0.15) is 0 Å². The van der Waals surface area contributed by atoms with Gasteiger partial charge in [0.2, 0.25) is 0 Å². The number of alkyl halides is 2. The molecule has 0 N–H and O–H groups in total. The van der Waals surface area contributed by atoms with E-state index in [1.54, 1.807) is 11.9 Å². The number of nitroso groups, excluding NO2 is 1. The van der Waals surface area contributed by atoms with Crippen molar-refractivity contribution >= 4 is 0 Å². The van der Waals surface area contributed by atoms with Gasteiger partial charge in [0.05, 0.1) is 6.54 Å². The molecule has 0 saturated carbocycles. The highest BCUT2D eigenvalue weighted by Crippen LogP contribution is 2.19. The Labute approximate surface area is 94.1 Å². The van der Waals surface area contributed by atoms with E-state index in [1.807, 2.05) is 0 Å². The number of rotatable bonds is 7. The number of hydrogen-bond donors (Lipinski definition) is 0. The summed E-state index contributed by atoms with van der Waals surface area (Å²) in [7, 11) is 1.66. The van der Waals surface area contributed by atoms with Gasteiger partial charge in [-0.15, -0.1) is 0 Å². The van der Waals surface area contributed by atoms with Crippen molar-refractivity contribution in [3.05, 3.63) is 41.0 Å². The zero-order valence-corrected chi connectivity index (χ0v) is 9.54. The molecule has 0 spiro atoms. The van der Waals surface area contributed by atoms with Crippen molar-refractivity contribution < 1.29 is 8.78 Å². The van der Waals surface area contributed by atoms with Crippen LogP contribution in [0, 0.1) is 4.91 Å². The molecule has 5 heteroatoms. The lowest BCUT2D eigenvalue weighted by molar-refractivity contribution is 0.192. The lowest BCUT2D eigenvalue weighted by Gasteiger charge is -2.18. The first kappa shape index (κ1) is 14.5. The first-order valence-electron chi connectivity index (χ1n) is 4.75. The van der Waals surface area contributed by atoms with Crippen LogP contribution < -0.4 is 0 Å². The summed E-state index contributed by atoms with van der Waals surface area (Å²) in [5.41, 5.74) is 0.566. The molecule has 0 amide bonds. The Morgan fingerprint density at radius 2 is 2.06 bits per heavy atom. The summed E-state index contributed by atoms with van der Waals surface area (Å²) in [6.45, 7) is 9.08. The van der Waals surface area contributed by atoms with Crippen molar-refractivity contribution in [1.82, 2.24) is 4.90 Å². The number of halogens is 2. The second-order valence-corrected chi connectivity index (χ2v) is 3.45. The predicted octanol–water partition coefficient (Wildman–Crippen LogP) is 2.97. The smallest absolute Gasteiger partial charge is 0.264 e. The normalized spacial score (nSPS) is 11.4. The van der Waals surface area contributed by atoms with Crippen LogP contribution in [0.1, 0.15) is 6.92 Å². The molecule has 0 fully saturated rings. The Morgan fingerprint density at radius 1 is 1.50 bits per heavy atom. The molecule has 0 unspecified atom stereocenters. The van der Waals surface area contributed by atoms with Crippen molar-refractivity contribution in [2.75, 3.05) is 20.1 Å². The topological polar surface area (TPSA) is 32.7 Å². The molecule has 0 aliphatic carbocycles. The van der Waals surface area contributed by atoms with Crippen LogP contribution in [-0.4, -0.2) is 31.5 Å². The van der Waals surface area contributed by atoms with Gasteiger partial charge in [0.15, 0.2) is 0 Å². The average Bonchev–Trinajstić information content (AvgIpc) is 2.20. The molecule has 0 heterocycles. The first-order chi connectivity index (χ1) is 7.40. The van der Waals surface area contributed by atoms with Crippen molar-refractivity contribution in [3.8, 4) is 0 Å². The monoisotopic (exact) mass is 230 g/mol. The minimum absolute atomic E-state index is 0.0977. The zero-order valence-electron chi connectivity index (χ0n) is 9.54. The second kappa shape index (κ2) is 6.87. The maximum atomic E-state index is 12.6. The molecule has 0 saturated heterocycles. The van der Waals surface area contributed by atoms with Gasteiger partial charge in [-0.05, 0) is 18.6 Å². The fraction of sp³-hybridized carbons (Fsp3) is 0.455. The summed E-state index contributed by atoms with van der Waals surface area (Å²) in [5, 5.41) is 2.69. The quantitative estimate of drug-likeness (QED) is 0.497. The van der Waals surface area contributed by atoms with E-state index in [4.69, 9.17) is 0 Å². The minimum atomic E-state index is -2.58. The lowest BCUT2D eigenvalue weighted by atomic mass is 10.1. The van der Waals surface area contributed by atoms with E-state index < -0.39 is 6.43 Å². The molecule has 0 aromatic heterocycles. The fourth-order valence-corrected chi connectivity index (χ4v) is 0.997. The number of hydrogen-bond acceptors (Lipinski definition) is 3. The molecule has 0 radical (unpaired) electrons. The van der Waals surface area contributed by atoms with Crippen LogP contribution in [0.15, 0.2) is 41.3 Å². The largest absolute Gasteiger partial charge is 0.373 e. The third-order valence-corrected chi connectivity index (χ3v) is 2.07. The molecule has 0 aromatic rings. The Hall–Kier alpha value is -1.52. The van der Waals surface area contributed by atoms with Gasteiger partial charge in [-0.2, -0.15) is 4.91 Å². The molecule has 0 aromatic carbocycles. The summed E-state index contributed by atoms with van der Waals surface area (Å²) in [6.07, 6.45) is -1.30. The van der Waals surface area contributed by atoms with E-state index in [9.17, 15) is 13.7 Å². The van der Waals surface area contributed by atoms with Gasteiger partial charge in [0.25, 0.3) is 6.43 Å². The second-order valence-electron chi connectivity index (χ2n) is 3.45. The van der Waals surface area contributed by atoms with Gasteiger partial charge in [-0.3, -0.25) is 0 Å². The van der Waals surface area contributed by atoms with Crippen LogP contribution >= 0.6 is 0 Å². The molecular weight excluding hydrogens is 214 g/mol. The summed E-state index contributed by atoms with van der Waals surface area (Å²) in [5.74, 6) is 0. The Bertz CT molecular complexity index is 311. The molecule has 16 heavy (non-hydrogen) atoms. The third kappa shape index (κ3) is 4.82. The third-order valence-electron chi connectivity index (χ3n) is 2.07. The van der Waals surface area contributed by atoms with Crippen LogP contribution in [0.2, 0.25) is 0 Å². The van der Waals surface area contributed by atoms with Crippen molar-refractivity contribution in [1.29, 1.82) is 0 Å². The molecule has 0 aliphatic heterocycles. The van der Waals surface area contributed by atoms with Crippen LogP contribution in [0.3, 0.4) is 0 Å². The molecule has 0 atom stereocenters. The number of nitrogens with zero attached hydrogens (tertiary/aromatic N) is 2. The Kier molecular flexibility index (Phi) is 6.22. The van der Waals surface area contributed by atoms with E-state index in [1.165, 1.54) is 13.0 Å². The summed E-state index contributed by atoms with van der Waals surface area (Å²) in [6, 6.07) is 0. The molecule has 90 valence electrons. The van der Waals surface area contributed by atoms with Gasteiger partial charge in [0, 0.05) is 24.9 Å². The van der Waals surface area contributed by atoms with E-state index in [0.29, 0.717) is 17.8 Å². The van der Waals surface area contributed by atoms with Gasteiger partial charge in [-0.1, -0.05) is 18.3 Å². The molecule has 0 bridgehead atoms. The van der Waals surface area contributed by atoms with Crippen LogP contribution in [0.25, 0.3) is 0 Å². The van der Waals surface area contributed by atoms with Crippen molar-refractivity contribution in [2.24, 2.45) is 5.18 Å². The lowest BCUT2D eigenvalue weighted by Crippen LogP contribution is -2.20. The van der Waals surface area contributed by atoms with Crippen molar-refractivity contribution in [3.63, 3.8) is 0 Å². The summed E-state index contributed by atoms with van der Waals surface area (Å²) < 4.78 is 25.1. The highest BCUT2D eigenvalue weighted by molar-refractivity contribution is 5.34. The van der Waals surface area contributed by atoms with Gasteiger partial charge >= 0.3 is 0 Å². The maximum Gasteiger partial charge on any atom is 0.264 e. The highest BCUT2D eigenvalue weighted by atomic mass is 19.3. The van der Waals surface area contributed by atoms with Gasteiger partial charge in [-0.25, -0.2) is 8.78 Å². The number of allylic oxidation sites excluding steroid dienone is 3. The van der Waals surface area contributed by atoms with Crippen molar-refractivity contribution in [2.45, 2.75) is 13.3 Å². The minimum Gasteiger partial charge on any atom is -0.373 e. The Balaban J connectivity index is 4.64. The number of likely N-dealkylation sites (N-methyl/N-ethyl adjacent to an activating group) is 1. The molecule has 0 rings (SSSR count). The Morgan fingerprint density at radius 3 is 2.44 bits per heavy atom. The maximum absolute atomic E-state index is 12.6. The SMILES string of the molecule is C=C(C)/C(=C\C(=C)N(C)CCN=O)C(F)F. The summed E-state index contributed by atoms with van der Waals surface area (Å²) >= 11 is 0. The molecule has 0 aliphatic rings. The van der Waals surface area contributed by atoms with Crippen LogP contribution in [0.5, 0.6) is 0 Å². The summed E-state index contributed by atoms with van der Waals surface area (Å²) in [4.78, 5) is 11.5. The predicted molar refractivity (Wildman–Crippen MR) is 61.3 cm³/mol. The highest BCUT2D eigenvalue weighted by Gasteiger charge is 2.12. The van der Waals surface area contributed by atoms with E-state index in [-0.39, 0.29) is 12.1 Å². The molecular formula is C11H16F2N2O. The average molecular weight is 230 g/mol. The van der Waals surface area contributed by atoms with Gasteiger partial charge < -0.3 is 4.90 Å². The first-order valence-corrected chi connectivity index (χ1v) is 4.75. The fourth-order valence-electron chi connectivity index (χ4n) is 0.997. The van der Waals surface area contributed by atoms with Crippen LogP contribution in [0.4, 0.5) is 8.78 Å². The van der Waals surface area contributed by atoms with Crippen LogP contribution in [-0.2, 0) is 0 Å².